The minimum atomic E-state index is -0.937. The van der Waals surface area contributed by atoms with Crippen molar-refractivity contribution in [3.05, 3.63) is 29.2 Å². The molecule has 122 valence electrons. The zero-order valence-corrected chi connectivity index (χ0v) is 13.0. The van der Waals surface area contributed by atoms with Gasteiger partial charge < -0.3 is 14.7 Å². The van der Waals surface area contributed by atoms with E-state index in [1.165, 1.54) is 6.20 Å². The third-order valence-electron chi connectivity index (χ3n) is 3.84. The van der Waals surface area contributed by atoms with Crippen molar-refractivity contribution in [1.29, 1.82) is 0 Å². The standard InChI is InChI=1S/C15H18N4O4/c1-9-5-10(2)19-14(17-9)12(7-16-19)15(22)18-3-4-23-11(8-18)6-13(20)21/h5,7,11H,3-4,6,8H2,1-2H3,(H,20,21)/t11-/m1/s1. The maximum Gasteiger partial charge on any atom is 0.306 e. The Balaban J connectivity index is 1.87. The largest absolute Gasteiger partial charge is 0.481 e. The van der Waals surface area contributed by atoms with Crippen LogP contribution in [0.1, 0.15) is 28.2 Å². The SMILES string of the molecule is Cc1cc(C)n2ncc(C(=O)N3CCO[C@H](CC(=O)O)C3)c2n1. The summed E-state index contributed by atoms with van der Waals surface area (Å²) in [6.45, 7) is 4.78. The van der Waals surface area contributed by atoms with Crippen LogP contribution in [-0.2, 0) is 9.53 Å². The van der Waals surface area contributed by atoms with Gasteiger partial charge in [0.15, 0.2) is 5.65 Å². The Morgan fingerprint density at radius 2 is 2.22 bits per heavy atom. The summed E-state index contributed by atoms with van der Waals surface area (Å²) in [4.78, 5) is 29.6. The van der Waals surface area contributed by atoms with Crippen LogP contribution in [0.25, 0.3) is 5.65 Å². The summed E-state index contributed by atoms with van der Waals surface area (Å²) in [5.41, 5.74) is 2.66. The lowest BCUT2D eigenvalue weighted by molar-refractivity contribution is -0.141. The Kier molecular flexibility index (Phi) is 3.99. The van der Waals surface area contributed by atoms with Gasteiger partial charge in [0.25, 0.3) is 5.91 Å². The number of aliphatic carboxylic acids is 1. The number of carbonyl (C=O) groups excluding carboxylic acids is 1. The molecule has 1 saturated heterocycles. The number of aryl methyl sites for hydroxylation is 2. The van der Waals surface area contributed by atoms with Crippen LogP contribution < -0.4 is 0 Å². The van der Waals surface area contributed by atoms with E-state index in [1.807, 2.05) is 19.9 Å². The maximum atomic E-state index is 12.8. The number of aromatic nitrogens is 3. The molecule has 3 heterocycles. The van der Waals surface area contributed by atoms with E-state index >= 15 is 0 Å². The number of carboxylic acids is 1. The summed E-state index contributed by atoms with van der Waals surface area (Å²) in [6.07, 6.45) is 0.914. The molecule has 1 N–H and O–H groups in total. The first-order valence-electron chi connectivity index (χ1n) is 7.40. The highest BCUT2D eigenvalue weighted by Gasteiger charge is 2.28. The van der Waals surface area contributed by atoms with Gasteiger partial charge >= 0.3 is 5.97 Å². The molecule has 3 rings (SSSR count). The zero-order chi connectivity index (χ0) is 16.6. The van der Waals surface area contributed by atoms with Crippen molar-refractivity contribution in [2.24, 2.45) is 0 Å². The number of rotatable bonds is 3. The van der Waals surface area contributed by atoms with Crippen molar-refractivity contribution >= 4 is 17.5 Å². The van der Waals surface area contributed by atoms with E-state index in [9.17, 15) is 9.59 Å². The number of hydrogen-bond acceptors (Lipinski definition) is 5. The van der Waals surface area contributed by atoms with Gasteiger partial charge in [0, 0.05) is 24.5 Å². The van der Waals surface area contributed by atoms with E-state index in [2.05, 4.69) is 10.1 Å². The Morgan fingerprint density at radius 3 is 2.96 bits per heavy atom. The number of hydrogen-bond donors (Lipinski definition) is 1. The summed E-state index contributed by atoms with van der Waals surface area (Å²) >= 11 is 0. The molecule has 8 heteroatoms. The zero-order valence-electron chi connectivity index (χ0n) is 13.0. The predicted octanol–water partition coefficient (Wildman–Crippen LogP) is 0.662. The van der Waals surface area contributed by atoms with E-state index in [-0.39, 0.29) is 18.9 Å². The van der Waals surface area contributed by atoms with Crippen LogP contribution >= 0.6 is 0 Å². The molecule has 23 heavy (non-hydrogen) atoms. The number of ether oxygens (including phenoxy) is 1. The number of morpholine rings is 1. The first-order chi connectivity index (χ1) is 11.0. The fraction of sp³-hybridized carbons (Fsp3) is 0.467. The quantitative estimate of drug-likeness (QED) is 0.893. The Bertz CT molecular complexity index is 770. The molecule has 0 bridgehead atoms. The fourth-order valence-corrected chi connectivity index (χ4v) is 2.81. The lowest BCUT2D eigenvalue weighted by atomic mass is 10.2. The lowest BCUT2D eigenvalue weighted by Crippen LogP contribution is -2.46. The molecule has 0 radical (unpaired) electrons. The molecule has 1 atom stereocenters. The van der Waals surface area contributed by atoms with Gasteiger partial charge in [-0.1, -0.05) is 0 Å². The molecule has 0 saturated carbocycles. The molecule has 0 spiro atoms. The summed E-state index contributed by atoms with van der Waals surface area (Å²) in [5.74, 6) is -1.13. The molecule has 0 aromatic carbocycles. The molecule has 1 aliphatic rings. The van der Waals surface area contributed by atoms with Gasteiger partial charge in [-0.15, -0.1) is 0 Å². The number of carboxylic acid groups (broad SMARTS) is 1. The maximum absolute atomic E-state index is 12.8. The Labute approximate surface area is 132 Å². The third kappa shape index (κ3) is 3.02. The molecule has 2 aromatic rings. The van der Waals surface area contributed by atoms with E-state index in [4.69, 9.17) is 9.84 Å². The van der Waals surface area contributed by atoms with Gasteiger partial charge in [-0.3, -0.25) is 9.59 Å². The van der Waals surface area contributed by atoms with Gasteiger partial charge in [0.1, 0.15) is 5.56 Å². The second kappa shape index (κ2) is 5.96. The van der Waals surface area contributed by atoms with Crippen LogP contribution in [-0.4, -0.2) is 62.3 Å². The average Bonchev–Trinajstić information content (AvgIpc) is 2.90. The molecule has 0 aliphatic carbocycles. The van der Waals surface area contributed by atoms with Crippen LogP contribution in [0.15, 0.2) is 12.3 Å². The van der Waals surface area contributed by atoms with Gasteiger partial charge in [-0.25, -0.2) is 9.50 Å². The molecule has 1 amide bonds. The van der Waals surface area contributed by atoms with Gasteiger partial charge in [0.05, 0.1) is 25.3 Å². The molecule has 8 nitrogen and oxygen atoms in total. The first kappa shape index (κ1) is 15.4. The fourth-order valence-electron chi connectivity index (χ4n) is 2.81. The number of nitrogens with zero attached hydrogens (tertiary/aromatic N) is 4. The van der Waals surface area contributed by atoms with Gasteiger partial charge in [0.2, 0.25) is 0 Å². The number of carbonyl (C=O) groups is 2. The highest BCUT2D eigenvalue weighted by molar-refractivity contribution is 5.99. The van der Waals surface area contributed by atoms with Crippen molar-refractivity contribution in [3.63, 3.8) is 0 Å². The predicted molar refractivity (Wildman–Crippen MR) is 80.4 cm³/mol. The molecule has 1 fully saturated rings. The summed E-state index contributed by atoms with van der Waals surface area (Å²) in [7, 11) is 0. The Hall–Kier alpha value is -2.48. The highest BCUT2D eigenvalue weighted by Crippen LogP contribution is 2.17. The van der Waals surface area contributed by atoms with Crippen LogP contribution in [0, 0.1) is 13.8 Å². The smallest absolute Gasteiger partial charge is 0.306 e. The van der Waals surface area contributed by atoms with Crippen molar-refractivity contribution in [2.45, 2.75) is 26.4 Å². The second-order valence-electron chi connectivity index (χ2n) is 5.67. The average molecular weight is 318 g/mol. The van der Waals surface area contributed by atoms with Gasteiger partial charge in [-0.05, 0) is 19.9 Å². The number of amides is 1. The van der Waals surface area contributed by atoms with E-state index in [0.717, 1.165) is 11.4 Å². The molecule has 1 aliphatic heterocycles. The Morgan fingerprint density at radius 1 is 1.43 bits per heavy atom. The second-order valence-corrected chi connectivity index (χ2v) is 5.67. The third-order valence-corrected chi connectivity index (χ3v) is 3.84. The van der Waals surface area contributed by atoms with Crippen molar-refractivity contribution in [1.82, 2.24) is 19.5 Å². The van der Waals surface area contributed by atoms with Crippen LogP contribution in [0.5, 0.6) is 0 Å². The van der Waals surface area contributed by atoms with Crippen LogP contribution in [0.4, 0.5) is 0 Å². The molecular weight excluding hydrogens is 300 g/mol. The lowest BCUT2D eigenvalue weighted by Gasteiger charge is -2.32. The van der Waals surface area contributed by atoms with Gasteiger partial charge in [-0.2, -0.15) is 5.10 Å². The highest BCUT2D eigenvalue weighted by atomic mass is 16.5. The molecular formula is C15H18N4O4. The summed E-state index contributed by atoms with van der Waals surface area (Å²) < 4.78 is 7.04. The number of fused-ring (bicyclic) bond motifs is 1. The van der Waals surface area contributed by atoms with Crippen molar-refractivity contribution < 1.29 is 19.4 Å². The van der Waals surface area contributed by atoms with Crippen molar-refractivity contribution in [3.8, 4) is 0 Å². The topological polar surface area (TPSA) is 97.0 Å². The van der Waals surface area contributed by atoms with E-state index in [1.54, 1.807) is 9.42 Å². The normalized spacial score (nSPS) is 18.3. The molecule has 0 unspecified atom stereocenters. The minimum Gasteiger partial charge on any atom is -0.481 e. The monoisotopic (exact) mass is 318 g/mol. The van der Waals surface area contributed by atoms with Crippen molar-refractivity contribution in [2.75, 3.05) is 19.7 Å². The van der Waals surface area contributed by atoms with Crippen LogP contribution in [0.3, 0.4) is 0 Å². The first-order valence-corrected chi connectivity index (χ1v) is 7.40. The molecule has 2 aromatic heterocycles. The summed E-state index contributed by atoms with van der Waals surface area (Å²) in [6, 6.07) is 1.89. The summed E-state index contributed by atoms with van der Waals surface area (Å²) in [5, 5.41) is 13.1. The minimum absolute atomic E-state index is 0.116. The van der Waals surface area contributed by atoms with E-state index in [0.29, 0.717) is 24.4 Å². The van der Waals surface area contributed by atoms with E-state index < -0.39 is 12.1 Å². The van der Waals surface area contributed by atoms with Crippen LogP contribution in [0.2, 0.25) is 0 Å².